The molecule has 0 heterocycles. The zero-order valence-electron chi connectivity index (χ0n) is 28.0. The molecule has 1 amide bonds. The van der Waals surface area contributed by atoms with Crippen LogP contribution in [0, 0.1) is 0 Å². The number of unbranched alkanes of at least 4 members (excludes halogenated alkanes) is 3. The normalized spacial score (nSPS) is 15.0. The largest absolute Gasteiger partial charge is 0.480 e. The molecule has 3 unspecified atom stereocenters. The van der Waals surface area contributed by atoms with Gasteiger partial charge in [-0.25, -0.2) is 9.36 Å². The van der Waals surface area contributed by atoms with Crippen molar-refractivity contribution in [2.24, 2.45) is 0 Å². The van der Waals surface area contributed by atoms with Gasteiger partial charge in [0.1, 0.15) is 12.7 Å². The highest BCUT2D eigenvalue weighted by Crippen LogP contribution is 2.43. The van der Waals surface area contributed by atoms with Gasteiger partial charge in [0.05, 0.1) is 13.2 Å². The second-order valence-electron chi connectivity index (χ2n) is 10.6. The van der Waals surface area contributed by atoms with Gasteiger partial charge >= 0.3 is 19.8 Å². The fourth-order valence-corrected chi connectivity index (χ4v) is 4.42. The van der Waals surface area contributed by atoms with Crippen molar-refractivity contribution in [2.75, 3.05) is 19.8 Å². The van der Waals surface area contributed by atoms with Gasteiger partial charge in [-0.05, 0) is 64.2 Å². The summed E-state index contributed by atoms with van der Waals surface area (Å²) in [6.07, 6.45) is 33.9. The van der Waals surface area contributed by atoms with Crippen molar-refractivity contribution >= 4 is 25.7 Å². The quantitative estimate of drug-likeness (QED) is 0.0278. The summed E-state index contributed by atoms with van der Waals surface area (Å²) in [4.78, 5) is 44.7. The number of aliphatic hydroxyl groups excluding tert-OH is 1. The first-order chi connectivity index (χ1) is 22.6. The van der Waals surface area contributed by atoms with E-state index in [0.29, 0.717) is 12.8 Å². The molecule has 266 valence electrons. The molecule has 0 radical (unpaired) electrons. The first kappa shape index (κ1) is 43.9. The lowest BCUT2D eigenvalue weighted by Crippen LogP contribution is -2.43. The topological polar surface area (TPSA) is 169 Å². The third-order valence-electron chi connectivity index (χ3n) is 6.26. The van der Waals surface area contributed by atoms with Crippen LogP contribution in [0.4, 0.5) is 0 Å². The van der Waals surface area contributed by atoms with Crippen LogP contribution in [0.1, 0.15) is 97.3 Å². The average Bonchev–Trinajstić information content (AvgIpc) is 3.04. The van der Waals surface area contributed by atoms with Gasteiger partial charge < -0.3 is 25.2 Å². The predicted octanol–water partition coefficient (Wildman–Crippen LogP) is 7.04. The van der Waals surface area contributed by atoms with Gasteiger partial charge in [-0.15, -0.1) is 0 Å². The maximum atomic E-state index is 12.0. The molecule has 0 saturated heterocycles. The molecule has 0 bridgehead atoms. The third kappa shape index (κ3) is 30.0. The molecule has 12 heteroatoms. The van der Waals surface area contributed by atoms with Crippen molar-refractivity contribution in [3.63, 3.8) is 0 Å². The number of rotatable bonds is 29. The Kier molecular flexibility index (Phi) is 28.3. The van der Waals surface area contributed by atoms with Crippen molar-refractivity contribution in [3.05, 3.63) is 72.9 Å². The zero-order valence-corrected chi connectivity index (χ0v) is 28.9. The molecule has 0 rings (SSSR count). The highest BCUT2D eigenvalue weighted by atomic mass is 31.2. The number of hydrogen-bond donors (Lipinski definition) is 4. The van der Waals surface area contributed by atoms with Crippen LogP contribution in [0.3, 0.4) is 0 Å². The molecule has 0 aliphatic carbocycles. The minimum Gasteiger partial charge on any atom is -0.480 e. The highest BCUT2D eigenvalue weighted by molar-refractivity contribution is 7.47. The number of carboxylic acids is 1. The lowest BCUT2D eigenvalue weighted by atomic mass is 10.2. The lowest BCUT2D eigenvalue weighted by molar-refractivity contribution is -0.147. The maximum absolute atomic E-state index is 12.0. The summed E-state index contributed by atoms with van der Waals surface area (Å²) < 4.78 is 26.3. The summed E-state index contributed by atoms with van der Waals surface area (Å²) in [5.41, 5.74) is 0. The van der Waals surface area contributed by atoms with Gasteiger partial charge in [0.2, 0.25) is 5.91 Å². The number of nitrogens with one attached hydrogen (secondary N) is 1. The molecule has 0 aromatic heterocycles. The van der Waals surface area contributed by atoms with E-state index < -0.39 is 57.6 Å². The standard InChI is InChI=1S/C35H56NO10P/c1-3-5-7-8-9-10-11-12-13-14-15-16-17-18-19-20-21-22-23-24-25-27-34(39)44-28-31(37)29-45-47(42,43)46-30-32(35(40)41)36-33(38)26-6-4-2/h5,7,9-10,12-13,15-16,18-19,21-22,31-32,37H,3-4,6,8,11,14,17,20,23-30H2,1-2H3,(H,36,38)(H,40,41)(H,42,43)/b7-5-,10-9-,13-12-,16-15-,19-18-,22-21-. The van der Waals surface area contributed by atoms with Crippen LogP contribution in [-0.2, 0) is 32.7 Å². The van der Waals surface area contributed by atoms with E-state index in [0.717, 1.165) is 57.8 Å². The number of hydrogen-bond acceptors (Lipinski definition) is 8. The fourth-order valence-electron chi connectivity index (χ4n) is 3.65. The first-order valence-corrected chi connectivity index (χ1v) is 18.0. The first-order valence-electron chi connectivity index (χ1n) is 16.5. The summed E-state index contributed by atoms with van der Waals surface area (Å²) in [5, 5.41) is 21.3. The Morgan fingerprint density at radius 3 is 1.72 bits per heavy atom. The number of phosphoric acid groups is 1. The van der Waals surface area contributed by atoms with E-state index in [4.69, 9.17) is 4.74 Å². The average molecular weight is 682 g/mol. The summed E-state index contributed by atoms with van der Waals surface area (Å²) in [7, 11) is -4.74. The molecule has 0 fully saturated rings. The van der Waals surface area contributed by atoms with Gasteiger partial charge in [-0.1, -0.05) is 93.2 Å². The lowest BCUT2D eigenvalue weighted by Gasteiger charge is -2.18. The number of esters is 1. The van der Waals surface area contributed by atoms with Crippen LogP contribution in [0.2, 0.25) is 0 Å². The van der Waals surface area contributed by atoms with Crippen molar-refractivity contribution in [1.29, 1.82) is 0 Å². The molecule has 4 N–H and O–H groups in total. The number of carbonyl (C=O) groups excluding carboxylic acids is 2. The molecular weight excluding hydrogens is 625 g/mol. The molecule has 0 saturated carbocycles. The SMILES string of the molecule is CC/C=C\C/C=C\C/C=C\C/C=C\C/C=C\C/C=C\CCCCC(=O)OCC(O)COP(=O)(O)OCC(NC(=O)CCCC)C(=O)O. The van der Waals surface area contributed by atoms with Gasteiger partial charge in [-0.3, -0.25) is 18.6 Å². The summed E-state index contributed by atoms with van der Waals surface area (Å²) in [6, 6.07) is -1.55. The fraction of sp³-hybridized carbons (Fsp3) is 0.571. The van der Waals surface area contributed by atoms with Crippen LogP contribution in [0.5, 0.6) is 0 Å². The van der Waals surface area contributed by atoms with Gasteiger partial charge in [0.25, 0.3) is 0 Å². The minimum atomic E-state index is -4.74. The Morgan fingerprint density at radius 2 is 1.21 bits per heavy atom. The molecule has 0 aliphatic rings. The number of aliphatic hydroxyl groups is 1. The Labute approximate surface area is 280 Å². The molecule has 0 aromatic rings. The Morgan fingerprint density at radius 1 is 0.702 bits per heavy atom. The van der Waals surface area contributed by atoms with Crippen molar-refractivity contribution in [3.8, 4) is 0 Å². The number of allylic oxidation sites excluding steroid dienone is 12. The van der Waals surface area contributed by atoms with E-state index in [2.05, 4.69) is 94.2 Å². The molecule has 0 aliphatic heterocycles. The van der Waals surface area contributed by atoms with E-state index in [1.807, 2.05) is 6.92 Å². The van der Waals surface area contributed by atoms with Crippen LogP contribution in [-0.4, -0.2) is 64.9 Å². The van der Waals surface area contributed by atoms with Crippen molar-refractivity contribution in [1.82, 2.24) is 5.32 Å². The van der Waals surface area contributed by atoms with Crippen molar-refractivity contribution in [2.45, 2.75) is 109 Å². The van der Waals surface area contributed by atoms with E-state index in [1.165, 1.54) is 0 Å². The smallest absolute Gasteiger partial charge is 0.472 e. The van der Waals surface area contributed by atoms with Crippen LogP contribution >= 0.6 is 7.82 Å². The van der Waals surface area contributed by atoms with Crippen LogP contribution in [0.25, 0.3) is 0 Å². The molecule has 11 nitrogen and oxygen atoms in total. The number of amides is 1. The summed E-state index contributed by atoms with van der Waals surface area (Å²) in [5.74, 6) is -2.49. The Bertz CT molecular complexity index is 1080. The molecule has 0 aromatic carbocycles. The Balaban J connectivity index is 3.94. The monoisotopic (exact) mass is 681 g/mol. The van der Waals surface area contributed by atoms with Gasteiger partial charge in [-0.2, -0.15) is 0 Å². The van der Waals surface area contributed by atoms with E-state index in [-0.39, 0.29) is 12.8 Å². The molecule has 47 heavy (non-hydrogen) atoms. The maximum Gasteiger partial charge on any atom is 0.472 e. The number of carboxylic acid groups (broad SMARTS) is 1. The Hall–Kier alpha value is -3.08. The van der Waals surface area contributed by atoms with E-state index in [1.54, 1.807) is 0 Å². The van der Waals surface area contributed by atoms with Crippen LogP contribution in [0.15, 0.2) is 72.9 Å². The zero-order chi connectivity index (χ0) is 35.0. The predicted molar refractivity (Wildman–Crippen MR) is 184 cm³/mol. The van der Waals surface area contributed by atoms with Gasteiger partial charge in [0.15, 0.2) is 6.04 Å². The minimum absolute atomic E-state index is 0.113. The van der Waals surface area contributed by atoms with Gasteiger partial charge in [0, 0.05) is 12.8 Å². The third-order valence-corrected chi connectivity index (χ3v) is 7.21. The number of ether oxygens (including phenoxy) is 1. The van der Waals surface area contributed by atoms with E-state index >= 15 is 0 Å². The number of aliphatic carboxylic acids is 1. The highest BCUT2D eigenvalue weighted by Gasteiger charge is 2.28. The van der Waals surface area contributed by atoms with Crippen molar-refractivity contribution < 1.29 is 47.8 Å². The summed E-state index contributed by atoms with van der Waals surface area (Å²) in [6.45, 7) is 2.05. The number of phosphoric ester groups is 1. The molecule has 0 spiro atoms. The van der Waals surface area contributed by atoms with E-state index in [9.17, 15) is 34.1 Å². The second kappa shape index (κ2) is 30.3. The van der Waals surface area contributed by atoms with Crippen LogP contribution < -0.4 is 5.32 Å². The summed E-state index contributed by atoms with van der Waals surface area (Å²) >= 11 is 0. The molecule has 3 atom stereocenters. The second-order valence-corrected chi connectivity index (χ2v) is 12.1. The molecular formula is C35H56NO10P. The number of carbonyl (C=O) groups is 3.